The van der Waals surface area contributed by atoms with Gasteiger partial charge in [0.2, 0.25) is 0 Å². The molecule has 1 atom stereocenters. The molecule has 6 nitrogen and oxygen atoms in total. The number of carboxylic acid groups (broad SMARTS) is 2. The molecule has 0 bridgehead atoms. The van der Waals surface area contributed by atoms with Crippen LogP contribution in [0, 0.1) is 6.92 Å². The van der Waals surface area contributed by atoms with Crippen LogP contribution in [0.3, 0.4) is 0 Å². The SMILES string of the molecule is Cc1nn(-c2cccc(C(=O)O)c2)c2c1C(CC(=O)O)CCC2. The molecule has 1 aliphatic rings. The van der Waals surface area contributed by atoms with Gasteiger partial charge in [0.15, 0.2) is 0 Å². The molecule has 0 aliphatic heterocycles. The lowest BCUT2D eigenvalue weighted by molar-refractivity contribution is -0.137. The van der Waals surface area contributed by atoms with Gasteiger partial charge in [0, 0.05) is 11.3 Å². The Kier molecular flexibility index (Phi) is 3.90. The molecular weight excluding hydrogens is 296 g/mol. The van der Waals surface area contributed by atoms with E-state index in [1.807, 2.05) is 13.0 Å². The Morgan fingerprint density at radius 3 is 2.83 bits per heavy atom. The Morgan fingerprint density at radius 1 is 1.35 bits per heavy atom. The van der Waals surface area contributed by atoms with Crippen molar-refractivity contribution < 1.29 is 19.8 Å². The highest BCUT2D eigenvalue weighted by Gasteiger charge is 2.29. The maximum Gasteiger partial charge on any atom is 0.335 e. The molecule has 1 heterocycles. The second-order valence-electron chi connectivity index (χ2n) is 5.90. The number of aromatic nitrogens is 2. The quantitative estimate of drug-likeness (QED) is 0.905. The van der Waals surface area contributed by atoms with Gasteiger partial charge < -0.3 is 10.2 Å². The number of aliphatic carboxylic acids is 1. The summed E-state index contributed by atoms with van der Waals surface area (Å²) in [6.07, 6.45) is 2.69. The summed E-state index contributed by atoms with van der Waals surface area (Å²) in [4.78, 5) is 22.2. The van der Waals surface area contributed by atoms with E-state index < -0.39 is 11.9 Å². The molecule has 0 saturated carbocycles. The van der Waals surface area contributed by atoms with Crippen molar-refractivity contribution in [2.45, 2.75) is 38.5 Å². The van der Waals surface area contributed by atoms with E-state index in [1.165, 1.54) is 0 Å². The molecule has 0 spiro atoms. The Balaban J connectivity index is 2.07. The number of carboxylic acids is 2. The van der Waals surface area contributed by atoms with Crippen LogP contribution in [0.25, 0.3) is 5.69 Å². The number of rotatable bonds is 4. The van der Waals surface area contributed by atoms with Crippen molar-refractivity contribution in [1.82, 2.24) is 9.78 Å². The minimum absolute atomic E-state index is 0.0207. The molecule has 23 heavy (non-hydrogen) atoms. The van der Waals surface area contributed by atoms with Crippen LogP contribution in [-0.4, -0.2) is 31.9 Å². The molecule has 0 saturated heterocycles. The van der Waals surface area contributed by atoms with Crippen LogP contribution in [0.2, 0.25) is 0 Å². The van der Waals surface area contributed by atoms with Gasteiger partial charge in [0.1, 0.15) is 0 Å². The highest BCUT2D eigenvalue weighted by atomic mass is 16.4. The second kappa shape index (κ2) is 5.87. The van der Waals surface area contributed by atoms with E-state index in [0.717, 1.165) is 36.2 Å². The van der Waals surface area contributed by atoms with Crippen LogP contribution < -0.4 is 0 Å². The lowest BCUT2D eigenvalue weighted by Gasteiger charge is -2.22. The van der Waals surface area contributed by atoms with Gasteiger partial charge in [-0.1, -0.05) is 6.07 Å². The van der Waals surface area contributed by atoms with Crippen LogP contribution in [0.15, 0.2) is 24.3 Å². The Hall–Kier alpha value is -2.63. The number of nitrogens with zero attached hydrogens (tertiary/aromatic N) is 2. The summed E-state index contributed by atoms with van der Waals surface area (Å²) in [5.74, 6) is -1.80. The zero-order valence-corrected chi connectivity index (χ0v) is 12.8. The number of carbonyl (C=O) groups is 2. The Bertz CT molecular complexity index is 779. The molecular formula is C17H18N2O4. The maximum absolute atomic E-state index is 11.2. The molecule has 1 aliphatic carbocycles. The maximum atomic E-state index is 11.2. The lowest BCUT2D eigenvalue weighted by atomic mass is 9.83. The number of benzene rings is 1. The highest BCUT2D eigenvalue weighted by Crippen LogP contribution is 2.37. The molecule has 0 radical (unpaired) electrons. The van der Waals surface area contributed by atoms with Crippen molar-refractivity contribution >= 4 is 11.9 Å². The molecule has 120 valence electrons. The van der Waals surface area contributed by atoms with Crippen LogP contribution in [0.1, 0.15) is 52.5 Å². The first-order chi connectivity index (χ1) is 11.0. The van der Waals surface area contributed by atoms with Gasteiger partial charge in [-0.15, -0.1) is 0 Å². The van der Waals surface area contributed by atoms with Crippen LogP contribution in [0.4, 0.5) is 0 Å². The fourth-order valence-corrected chi connectivity index (χ4v) is 3.42. The van der Waals surface area contributed by atoms with Gasteiger partial charge in [0.25, 0.3) is 0 Å². The summed E-state index contributed by atoms with van der Waals surface area (Å²) in [7, 11) is 0. The minimum Gasteiger partial charge on any atom is -0.481 e. The summed E-state index contributed by atoms with van der Waals surface area (Å²) in [6.45, 7) is 1.89. The third kappa shape index (κ3) is 2.84. The lowest BCUT2D eigenvalue weighted by Crippen LogP contribution is -2.15. The van der Waals surface area contributed by atoms with E-state index in [1.54, 1.807) is 22.9 Å². The van der Waals surface area contributed by atoms with Crippen molar-refractivity contribution in [2.75, 3.05) is 0 Å². The monoisotopic (exact) mass is 314 g/mol. The normalized spacial score (nSPS) is 16.8. The van der Waals surface area contributed by atoms with E-state index in [9.17, 15) is 9.59 Å². The zero-order valence-electron chi connectivity index (χ0n) is 12.8. The fourth-order valence-electron chi connectivity index (χ4n) is 3.42. The van der Waals surface area contributed by atoms with Crippen molar-refractivity contribution in [3.8, 4) is 5.69 Å². The fraction of sp³-hybridized carbons (Fsp3) is 0.353. The highest BCUT2D eigenvalue weighted by molar-refractivity contribution is 5.88. The van der Waals surface area contributed by atoms with Crippen LogP contribution in [-0.2, 0) is 11.2 Å². The summed E-state index contributed by atoms with van der Waals surface area (Å²) in [5.41, 5.74) is 3.75. The van der Waals surface area contributed by atoms with Crippen molar-refractivity contribution in [2.24, 2.45) is 0 Å². The smallest absolute Gasteiger partial charge is 0.335 e. The summed E-state index contributed by atoms with van der Waals surface area (Å²) < 4.78 is 1.77. The van der Waals surface area contributed by atoms with E-state index in [4.69, 9.17) is 10.2 Å². The van der Waals surface area contributed by atoms with Gasteiger partial charge in [-0.05, 0) is 50.3 Å². The molecule has 0 fully saturated rings. The molecule has 1 aromatic carbocycles. The first-order valence-electron chi connectivity index (χ1n) is 7.61. The molecule has 2 N–H and O–H groups in total. The predicted molar refractivity (Wildman–Crippen MR) is 83.2 cm³/mol. The first-order valence-corrected chi connectivity index (χ1v) is 7.61. The van der Waals surface area contributed by atoms with Crippen LogP contribution in [0.5, 0.6) is 0 Å². The van der Waals surface area contributed by atoms with Crippen LogP contribution >= 0.6 is 0 Å². The van der Waals surface area contributed by atoms with Gasteiger partial charge in [-0.25, -0.2) is 9.48 Å². The molecule has 6 heteroatoms. The van der Waals surface area contributed by atoms with E-state index in [2.05, 4.69) is 5.10 Å². The van der Waals surface area contributed by atoms with Gasteiger partial charge >= 0.3 is 11.9 Å². The molecule has 3 rings (SSSR count). The third-order valence-electron chi connectivity index (χ3n) is 4.34. The van der Waals surface area contributed by atoms with Crippen molar-refractivity contribution in [3.05, 3.63) is 46.8 Å². The van der Waals surface area contributed by atoms with Crippen molar-refractivity contribution in [3.63, 3.8) is 0 Å². The number of aromatic carboxylic acids is 1. The molecule has 2 aromatic rings. The summed E-state index contributed by atoms with van der Waals surface area (Å²) in [6, 6.07) is 6.65. The number of hydrogen-bond donors (Lipinski definition) is 2. The Labute approximate surface area is 133 Å². The molecule has 1 unspecified atom stereocenters. The average Bonchev–Trinajstić information content (AvgIpc) is 2.85. The Morgan fingerprint density at radius 2 is 2.13 bits per heavy atom. The topological polar surface area (TPSA) is 92.4 Å². The third-order valence-corrected chi connectivity index (χ3v) is 4.34. The molecule has 1 aromatic heterocycles. The second-order valence-corrected chi connectivity index (χ2v) is 5.90. The largest absolute Gasteiger partial charge is 0.481 e. The average molecular weight is 314 g/mol. The standard InChI is InChI=1S/C17H18N2O4/c1-10-16-11(9-15(20)21)4-3-7-14(16)19(18-10)13-6-2-5-12(8-13)17(22)23/h2,5-6,8,11H,3-4,7,9H2,1H3,(H,20,21)(H,22,23). The number of hydrogen-bond acceptors (Lipinski definition) is 3. The number of fused-ring (bicyclic) bond motifs is 1. The zero-order chi connectivity index (χ0) is 16.6. The van der Waals surface area contributed by atoms with E-state index in [0.29, 0.717) is 5.69 Å². The van der Waals surface area contributed by atoms with Gasteiger partial charge in [-0.3, -0.25) is 4.79 Å². The van der Waals surface area contributed by atoms with Crippen molar-refractivity contribution in [1.29, 1.82) is 0 Å². The first kappa shape index (κ1) is 15.3. The molecule has 0 amide bonds. The van der Waals surface area contributed by atoms with Gasteiger partial charge in [0.05, 0.1) is 23.4 Å². The number of aryl methyl sites for hydroxylation is 1. The van der Waals surface area contributed by atoms with E-state index in [-0.39, 0.29) is 17.9 Å². The van der Waals surface area contributed by atoms with Gasteiger partial charge in [-0.2, -0.15) is 5.10 Å². The predicted octanol–water partition coefficient (Wildman–Crippen LogP) is 2.77. The summed E-state index contributed by atoms with van der Waals surface area (Å²) >= 11 is 0. The summed E-state index contributed by atoms with van der Waals surface area (Å²) in [5, 5.41) is 22.8. The van der Waals surface area contributed by atoms with E-state index >= 15 is 0 Å². The minimum atomic E-state index is -0.978.